The summed E-state index contributed by atoms with van der Waals surface area (Å²) in [6.07, 6.45) is 8.84. The van der Waals surface area contributed by atoms with Gasteiger partial charge in [0.15, 0.2) is 11.5 Å². The Morgan fingerprint density at radius 3 is 2.49 bits per heavy atom. The average molecular weight is 493 g/mol. The summed E-state index contributed by atoms with van der Waals surface area (Å²) in [6, 6.07) is 22.2. The van der Waals surface area contributed by atoms with Crippen molar-refractivity contribution in [2.24, 2.45) is 5.92 Å². The molecule has 0 bridgehead atoms. The number of imidazole rings is 1. The van der Waals surface area contributed by atoms with Gasteiger partial charge in [0.25, 0.3) is 5.91 Å². The van der Waals surface area contributed by atoms with E-state index in [1.807, 2.05) is 30.3 Å². The minimum Gasteiger partial charge on any atom is -0.355 e. The van der Waals surface area contributed by atoms with Crippen LogP contribution < -0.4 is 10.2 Å². The number of piperidine rings is 1. The molecule has 2 aromatic heterocycles. The fourth-order valence-corrected chi connectivity index (χ4v) is 5.47. The Morgan fingerprint density at radius 1 is 0.892 bits per heavy atom. The minimum atomic E-state index is -0.267. The normalized spacial score (nSPS) is 15.8. The lowest BCUT2D eigenvalue weighted by atomic mass is 9.90. The number of para-hydroxylation sites is 1. The van der Waals surface area contributed by atoms with Crippen molar-refractivity contribution in [1.29, 1.82) is 0 Å². The van der Waals surface area contributed by atoms with Gasteiger partial charge in [-0.2, -0.15) is 0 Å². The van der Waals surface area contributed by atoms with Gasteiger partial charge in [-0.05, 0) is 61.8 Å². The summed E-state index contributed by atoms with van der Waals surface area (Å²) in [4.78, 5) is 20.1. The molecule has 7 nitrogen and oxygen atoms in total. The Labute approximate surface area is 217 Å². The van der Waals surface area contributed by atoms with Crippen molar-refractivity contribution in [1.82, 2.24) is 19.7 Å². The molecule has 0 atom stereocenters. The number of rotatable bonds is 6. The Kier molecular flexibility index (Phi) is 6.67. The second-order valence-electron chi connectivity index (χ2n) is 10.1. The van der Waals surface area contributed by atoms with Gasteiger partial charge in [-0.1, -0.05) is 48.5 Å². The lowest BCUT2D eigenvalue weighted by Gasteiger charge is -2.32. The van der Waals surface area contributed by atoms with Crippen LogP contribution in [0, 0.1) is 5.92 Å². The molecule has 37 heavy (non-hydrogen) atoms. The Balaban J connectivity index is 1.09. The molecule has 2 aliphatic rings. The average Bonchev–Trinajstić information content (AvgIpc) is 3.39. The van der Waals surface area contributed by atoms with Gasteiger partial charge in [0.1, 0.15) is 5.82 Å². The predicted octanol–water partition coefficient (Wildman–Crippen LogP) is 5.39. The van der Waals surface area contributed by atoms with Crippen LogP contribution in [0.4, 0.5) is 11.5 Å². The van der Waals surface area contributed by atoms with Crippen LogP contribution >= 0.6 is 0 Å². The summed E-state index contributed by atoms with van der Waals surface area (Å²) in [5, 5.41) is 11.7. The number of carbonyl (C=O) groups is 1. The number of carbonyl (C=O) groups excluding carboxylic acids is 1. The molecule has 7 heteroatoms. The van der Waals surface area contributed by atoms with Gasteiger partial charge in [-0.3, -0.25) is 4.79 Å². The molecule has 188 valence electrons. The van der Waals surface area contributed by atoms with Gasteiger partial charge >= 0.3 is 0 Å². The maximum Gasteiger partial charge on any atom is 0.276 e. The van der Waals surface area contributed by atoms with Gasteiger partial charge in [0.2, 0.25) is 0 Å². The molecule has 1 amide bonds. The quantitative estimate of drug-likeness (QED) is 0.391. The van der Waals surface area contributed by atoms with Crippen molar-refractivity contribution in [2.75, 3.05) is 23.3 Å². The summed E-state index contributed by atoms with van der Waals surface area (Å²) < 4.78 is 2.23. The van der Waals surface area contributed by atoms with Crippen molar-refractivity contribution in [3.63, 3.8) is 0 Å². The first kappa shape index (κ1) is 23.4. The number of aromatic nitrogens is 4. The summed E-state index contributed by atoms with van der Waals surface area (Å²) >= 11 is 0. The molecule has 1 fully saturated rings. The molecular weight excluding hydrogens is 460 g/mol. The topological polar surface area (TPSA) is 75.9 Å². The van der Waals surface area contributed by atoms with E-state index in [-0.39, 0.29) is 5.91 Å². The lowest BCUT2D eigenvalue weighted by molar-refractivity contribution is 0.102. The molecule has 1 saturated heterocycles. The highest BCUT2D eigenvalue weighted by molar-refractivity contribution is 6.04. The third-order valence-corrected chi connectivity index (χ3v) is 7.55. The molecule has 0 aliphatic carbocycles. The van der Waals surface area contributed by atoms with Crippen molar-refractivity contribution >= 4 is 17.4 Å². The van der Waals surface area contributed by atoms with E-state index in [4.69, 9.17) is 4.98 Å². The van der Waals surface area contributed by atoms with E-state index in [1.165, 1.54) is 18.4 Å². The summed E-state index contributed by atoms with van der Waals surface area (Å²) in [6.45, 7) is 2.92. The van der Waals surface area contributed by atoms with Crippen molar-refractivity contribution in [2.45, 2.75) is 45.1 Å². The SMILES string of the molecule is O=C(Nc1ccccc1-c1cn2c(n1)CCCC2)c1ccc(N2CCC(Cc3ccccc3)CC2)nn1. The predicted molar refractivity (Wildman–Crippen MR) is 146 cm³/mol. The number of hydrogen-bond donors (Lipinski definition) is 1. The van der Waals surface area contributed by atoms with Crippen LogP contribution in [-0.4, -0.2) is 38.7 Å². The largest absolute Gasteiger partial charge is 0.355 e. The molecule has 4 aromatic rings. The fourth-order valence-electron chi connectivity index (χ4n) is 5.47. The minimum absolute atomic E-state index is 0.267. The van der Waals surface area contributed by atoms with Crippen LogP contribution in [0.3, 0.4) is 0 Å². The van der Waals surface area contributed by atoms with E-state index < -0.39 is 0 Å². The Morgan fingerprint density at radius 2 is 1.70 bits per heavy atom. The second kappa shape index (κ2) is 10.5. The van der Waals surface area contributed by atoms with E-state index in [2.05, 4.69) is 61.5 Å². The van der Waals surface area contributed by atoms with Crippen molar-refractivity contribution in [3.8, 4) is 11.3 Å². The van der Waals surface area contributed by atoms with Gasteiger partial charge in [0.05, 0.1) is 11.4 Å². The van der Waals surface area contributed by atoms with Gasteiger partial charge in [0, 0.05) is 37.8 Å². The van der Waals surface area contributed by atoms with Crippen LogP contribution in [0.2, 0.25) is 0 Å². The lowest BCUT2D eigenvalue weighted by Crippen LogP contribution is -2.35. The fraction of sp³-hybridized carbons (Fsp3) is 0.333. The molecule has 0 saturated carbocycles. The standard InChI is InChI=1S/C30H32N6O/c37-30(32-25-11-5-4-10-24(25)27-21-36-17-7-6-12-28(36)31-27)26-13-14-29(34-33-26)35-18-15-23(16-19-35)20-22-8-2-1-3-9-22/h1-5,8-11,13-14,21,23H,6-7,12,15-20H2,(H,32,37). The van der Waals surface area contributed by atoms with Crippen LogP contribution in [0.1, 0.15) is 47.6 Å². The molecule has 1 N–H and O–H groups in total. The molecule has 0 radical (unpaired) electrons. The maximum absolute atomic E-state index is 13.0. The third-order valence-electron chi connectivity index (χ3n) is 7.55. The van der Waals surface area contributed by atoms with Gasteiger partial charge < -0.3 is 14.8 Å². The first-order valence-electron chi connectivity index (χ1n) is 13.3. The molecule has 0 spiro atoms. The monoisotopic (exact) mass is 492 g/mol. The van der Waals surface area contributed by atoms with E-state index in [0.29, 0.717) is 11.6 Å². The summed E-state index contributed by atoms with van der Waals surface area (Å²) in [7, 11) is 0. The van der Waals surface area contributed by atoms with E-state index in [9.17, 15) is 4.79 Å². The number of anilines is 2. The zero-order valence-electron chi connectivity index (χ0n) is 21.0. The highest BCUT2D eigenvalue weighted by Crippen LogP contribution is 2.29. The molecule has 0 unspecified atom stereocenters. The number of amides is 1. The molecule has 2 aliphatic heterocycles. The van der Waals surface area contributed by atoms with Crippen LogP contribution in [0.25, 0.3) is 11.3 Å². The number of fused-ring (bicyclic) bond motifs is 1. The maximum atomic E-state index is 13.0. The highest BCUT2D eigenvalue weighted by atomic mass is 16.1. The Hall–Kier alpha value is -4.00. The highest BCUT2D eigenvalue weighted by Gasteiger charge is 2.22. The van der Waals surface area contributed by atoms with E-state index in [0.717, 1.165) is 73.9 Å². The van der Waals surface area contributed by atoms with Crippen LogP contribution in [-0.2, 0) is 19.4 Å². The van der Waals surface area contributed by atoms with Crippen molar-refractivity contribution < 1.29 is 4.79 Å². The number of benzene rings is 2. The number of nitrogens with one attached hydrogen (secondary N) is 1. The number of hydrogen-bond acceptors (Lipinski definition) is 5. The smallest absolute Gasteiger partial charge is 0.276 e. The van der Waals surface area contributed by atoms with E-state index in [1.54, 1.807) is 6.07 Å². The molecular formula is C30H32N6O. The third kappa shape index (κ3) is 5.26. The van der Waals surface area contributed by atoms with E-state index >= 15 is 0 Å². The first-order chi connectivity index (χ1) is 18.2. The number of aryl methyl sites for hydroxylation is 2. The number of nitrogens with zero attached hydrogens (tertiary/aromatic N) is 5. The van der Waals surface area contributed by atoms with Crippen molar-refractivity contribution in [3.05, 3.63) is 90.0 Å². The summed E-state index contributed by atoms with van der Waals surface area (Å²) in [5.41, 5.74) is 4.26. The first-order valence-corrected chi connectivity index (χ1v) is 13.3. The van der Waals surface area contributed by atoms with Gasteiger partial charge in [-0.15, -0.1) is 10.2 Å². The van der Waals surface area contributed by atoms with Crippen LogP contribution in [0.15, 0.2) is 72.9 Å². The molecule has 6 rings (SSSR count). The summed E-state index contributed by atoms with van der Waals surface area (Å²) in [5.74, 6) is 2.38. The molecule has 4 heterocycles. The van der Waals surface area contributed by atoms with Gasteiger partial charge in [-0.25, -0.2) is 4.98 Å². The Bertz CT molecular complexity index is 1330. The molecule has 2 aromatic carbocycles. The zero-order chi connectivity index (χ0) is 25.0. The zero-order valence-corrected chi connectivity index (χ0v) is 21.0. The second-order valence-corrected chi connectivity index (χ2v) is 10.1. The van der Waals surface area contributed by atoms with Crippen LogP contribution in [0.5, 0.6) is 0 Å².